The Morgan fingerprint density at radius 3 is 2.61 bits per heavy atom. The number of nitro groups is 1. The molecule has 0 bridgehead atoms. The number of nitro benzene ring substituents is 1. The Bertz CT molecular complexity index is 449. The maximum absolute atomic E-state index is 11.7. The Hall–Kier alpha value is -1.91. The molecule has 5 heteroatoms. The van der Waals surface area contributed by atoms with Crippen molar-refractivity contribution < 1.29 is 14.5 Å². The molecule has 1 rings (SSSR count). The van der Waals surface area contributed by atoms with Gasteiger partial charge in [0.2, 0.25) is 0 Å². The fourth-order valence-electron chi connectivity index (χ4n) is 1.28. The van der Waals surface area contributed by atoms with Gasteiger partial charge in [-0.3, -0.25) is 10.1 Å². The molecule has 0 aliphatic rings. The summed E-state index contributed by atoms with van der Waals surface area (Å²) >= 11 is 0. The molecule has 1 aromatic rings. The zero-order chi connectivity index (χ0) is 13.8. The van der Waals surface area contributed by atoms with E-state index in [0.29, 0.717) is 6.61 Å². The molecule has 0 saturated carbocycles. The molecule has 0 fully saturated rings. The SMILES string of the molecule is CC(C)(C)CCOC(=O)c1cccc([N+](=O)[O-])c1. The number of ether oxygens (including phenoxy) is 1. The zero-order valence-corrected chi connectivity index (χ0v) is 10.8. The first kappa shape index (κ1) is 14.2. The van der Waals surface area contributed by atoms with E-state index in [9.17, 15) is 14.9 Å². The van der Waals surface area contributed by atoms with Crippen LogP contribution >= 0.6 is 0 Å². The highest BCUT2D eigenvalue weighted by molar-refractivity contribution is 5.90. The standard InChI is InChI=1S/C13H17NO4/c1-13(2,3)7-8-18-12(15)10-5-4-6-11(9-10)14(16)17/h4-6,9H,7-8H2,1-3H3. The minimum absolute atomic E-state index is 0.0863. The Labute approximate surface area is 106 Å². The molecular formula is C13H17NO4. The maximum atomic E-state index is 11.7. The second kappa shape index (κ2) is 5.62. The molecule has 0 aromatic heterocycles. The predicted molar refractivity (Wildman–Crippen MR) is 67.5 cm³/mol. The molecule has 1 aromatic carbocycles. The summed E-state index contributed by atoms with van der Waals surface area (Å²) in [6, 6.07) is 5.54. The molecule has 98 valence electrons. The fourth-order valence-corrected chi connectivity index (χ4v) is 1.28. The van der Waals surface area contributed by atoms with Gasteiger partial charge in [0.05, 0.1) is 17.1 Å². The van der Waals surface area contributed by atoms with E-state index in [2.05, 4.69) is 0 Å². The van der Waals surface area contributed by atoms with Gasteiger partial charge in [0, 0.05) is 12.1 Å². The van der Waals surface area contributed by atoms with Gasteiger partial charge in [0.25, 0.3) is 5.69 Å². The van der Waals surface area contributed by atoms with Crippen molar-refractivity contribution in [3.63, 3.8) is 0 Å². The summed E-state index contributed by atoms with van der Waals surface area (Å²) in [5, 5.41) is 10.6. The van der Waals surface area contributed by atoms with Crippen LogP contribution in [-0.2, 0) is 4.74 Å². The van der Waals surface area contributed by atoms with Crippen molar-refractivity contribution in [1.82, 2.24) is 0 Å². The lowest BCUT2D eigenvalue weighted by Crippen LogP contribution is -2.13. The topological polar surface area (TPSA) is 69.4 Å². The van der Waals surface area contributed by atoms with Gasteiger partial charge in [-0.15, -0.1) is 0 Å². The first-order chi connectivity index (χ1) is 8.29. The summed E-state index contributed by atoms with van der Waals surface area (Å²) in [4.78, 5) is 21.7. The van der Waals surface area contributed by atoms with E-state index in [0.717, 1.165) is 6.42 Å². The first-order valence-corrected chi connectivity index (χ1v) is 5.71. The summed E-state index contributed by atoms with van der Waals surface area (Å²) in [5.74, 6) is -0.525. The number of rotatable bonds is 4. The summed E-state index contributed by atoms with van der Waals surface area (Å²) < 4.78 is 5.08. The minimum Gasteiger partial charge on any atom is -0.462 e. The van der Waals surface area contributed by atoms with Crippen LogP contribution in [0.3, 0.4) is 0 Å². The molecule has 18 heavy (non-hydrogen) atoms. The Kier molecular flexibility index (Phi) is 4.42. The monoisotopic (exact) mass is 251 g/mol. The Balaban J connectivity index is 2.62. The van der Waals surface area contributed by atoms with Crippen molar-refractivity contribution in [2.75, 3.05) is 6.61 Å². The van der Waals surface area contributed by atoms with Crippen LogP contribution in [0.2, 0.25) is 0 Å². The number of esters is 1. The van der Waals surface area contributed by atoms with Gasteiger partial charge in [-0.2, -0.15) is 0 Å². The van der Waals surface area contributed by atoms with Gasteiger partial charge in [0.1, 0.15) is 0 Å². The van der Waals surface area contributed by atoms with E-state index in [1.54, 1.807) is 0 Å². The quantitative estimate of drug-likeness (QED) is 0.468. The van der Waals surface area contributed by atoms with Crippen LogP contribution in [-0.4, -0.2) is 17.5 Å². The van der Waals surface area contributed by atoms with E-state index in [1.807, 2.05) is 20.8 Å². The van der Waals surface area contributed by atoms with Crippen LogP contribution in [0.15, 0.2) is 24.3 Å². The number of nitrogens with zero attached hydrogens (tertiary/aromatic N) is 1. The minimum atomic E-state index is -0.536. The average molecular weight is 251 g/mol. The molecule has 0 saturated heterocycles. The number of carbonyl (C=O) groups is 1. The van der Waals surface area contributed by atoms with Crippen molar-refractivity contribution in [3.8, 4) is 0 Å². The highest BCUT2D eigenvalue weighted by Gasteiger charge is 2.14. The zero-order valence-electron chi connectivity index (χ0n) is 10.8. The van der Waals surface area contributed by atoms with E-state index in [4.69, 9.17) is 4.74 Å². The molecule has 0 radical (unpaired) electrons. The lowest BCUT2D eigenvalue weighted by Gasteiger charge is -2.17. The molecule has 0 aliphatic heterocycles. The van der Waals surface area contributed by atoms with E-state index in [-0.39, 0.29) is 16.7 Å². The second-order valence-corrected chi connectivity index (χ2v) is 5.25. The van der Waals surface area contributed by atoms with E-state index < -0.39 is 10.9 Å². The van der Waals surface area contributed by atoms with Gasteiger partial charge >= 0.3 is 5.97 Å². The van der Waals surface area contributed by atoms with E-state index in [1.165, 1.54) is 24.3 Å². The fraction of sp³-hybridized carbons (Fsp3) is 0.462. The lowest BCUT2D eigenvalue weighted by molar-refractivity contribution is -0.384. The largest absolute Gasteiger partial charge is 0.462 e. The summed E-state index contributed by atoms with van der Waals surface area (Å²) in [5.41, 5.74) is 0.182. The molecule has 0 N–H and O–H groups in total. The summed E-state index contributed by atoms with van der Waals surface area (Å²) in [7, 11) is 0. The molecule has 0 unspecified atom stereocenters. The number of benzene rings is 1. The number of hydrogen-bond donors (Lipinski definition) is 0. The predicted octanol–water partition coefficient (Wildman–Crippen LogP) is 3.19. The van der Waals surface area contributed by atoms with Crippen molar-refractivity contribution in [1.29, 1.82) is 0 Å². The molecule has 0 spiro atoms. The van der Waals surface area contributed by atoms with E-state index >= 15 is 0 Å². The highest BCUT2D eigenvalue weighted by atomic mass is 16.6. The smallest absolute Gasteiger partial charge is 0.338 e. The molecule has 0 amide bonds. The second-order valence-electron chi connectivity index (χ2n) is 5.25. The van der Waals surface area contributed by atoms with Gasteiger partial charge < -0.3 is 4.74 Å². The summed E-state index contributed by atoms with van der Waals surface area (Å²) in [6.07, 6.45) is 0.744. The van der Waals surface area contributed by atoms with Gasteiger partial charge in [-0.05, 0) is 17.9 Å². The van der Waals surface area contributed by atoms with Gasteiger partial charge in [-0.25, -0.2) is 4.79 Å². The lowest BCUT2D eigenvalue weighted by atomic mass is 9.93. The van der Waals surface area contributed by atoms with Crippen molar-refractivity contribution in [2.45, 2.75) is 27.2 Å². The van der Waals surface area contributed by atoms with Crippen LogP contribution in [0.1, 0.15) is 37.6 Å². The first-order valence-electron chi connectivity index (χ1n) is 5.71. The Morgan fingerprint density at radius 1 is 1.39 bits per heavy atom. The van der Waals surface area contributed by atoms with Crippen LogP contribution < -0.4 is 0 Å². The number of hydrogen-bond acceptors (Lipinski definition) is 4. The van der Waals surface area contributed by atoms with Crippen molar-refractivity contribution in [3.05, 3.63) is 39.9 Å². The average Bonchev–Trinajstić information content (AvgIpc) is 2.27. The van der Waals surface area contributed by atoms with Crippen LogP contribution in [0.4, 0.5) is 5.69 Å². The molecule has 5 nitrogen and oxygen atoms in total. The van der Waals surface area contributed by atoms with Crippen LogP contribution in [0.5, 0.6) is 0 Å². The van der Waals surface area contributed by atoms with Crippen LogP contribution in [0.25, 0.3) is 0 Å². The van der Waals surface area contributed by atoms with Crippen LogP contribution in [0, 0.1) is 15.5 Å². The molecular weight excluding hydrogens is 234 g/mol. The molecule has 0 aliphatic carbocycles. The van der Waals surface area contributed by atoms with Gasteiger partial charge in [-0.1, -0.05) is 26.8 Å². The summed E-state index contributed by atoms with van der Waals surface area (Å²) in [6.45, 7) is 6.46. The van der Waals surface area contributed by atoms with Crippen molar-refractivity contribution in [2.24, 2.45) is 5.41 Å². The number of non-ortho nitro benzene ring substituents is 1. The van der Waals surface area contributed by atoms with Gasteiger partial charge in [0.15, 0.2) is 0 Å². The Morgan fingerprint density at radius 2 is 2.06 bits per heavy atom. The third-order valence-electron chi connectivity index (χ3n) is 2.38. The number of carbonyl (C=O) groups excluding carboxylic acids is 1. The third kappa shape index (κ3) is 4.53. The maximum Gasteiger partial charge on any atom is 0.338 e. The molecule has 0 atom stereocenters. The van der Waals surface area contributed by atoms with Crippen molar-refractivity contribution >= 4 is 11.7 Å². The normalized spacial score (nSPS) is 11.1. The molecule has 0 heterocycles. The third-order valence-corrected chi connectivity index (χ3v) is 2.38. The highest BCUT2D eigenvalue weighted by Crippen LogP contribution is 2.19.